The van der Waals surface area contributed by atoms with Gasteiger partial charge in [-0.3, -0.25) is 0 Å². The lowest BCUT2D eigenvalue weighted by molar-refractivity contribution is -0.123. The Morgan fingerprint density at radius 3 is 2.82 bits per heavy atom. The SMILES string of the molecule is O=C(NCC(F)(F)F)N1CCC[C@H](c2nncn2C2CC2)C1. The van der Waals surface area contributed by atoms with Gasteiger partial charge in [0.2, 0.25) is 0 Å². The Bertz CT molecular complexity index is 540. The molecule has 1 atom stereocenters. The Morgan fingerprint density at radius 2 is 2.14 bits per heavy atom. The van der Waals surface area contributed by atoms with Gasteiger partial charge in [0.25, 0.3) is 0 Å². The average Bonchev–Trinajstić information content (AvgIpc) is 3.21. The van der Waals surface area contributed by atoms with Crippen molar-refractivity contribution in [1.29, 1.82) is 0 Å². The second-order valence-electron chi connectivity index (χ2n) is 5.89. The molecule has 1 saturated carbocycles. The Morgan fingerprint density at radius 1 is 1.36 bits per heavy atom. The second-order valence-corrected chi connectivity index (χ2v) is 5.89. The van der Waals surface area contributed by atoms with Crippen LogP contribution >= 0.6 is 0 Å². The smallest absolute Gasteiger partial charge is 0.329 e. The van der Waals surface area contributed by atoms with E-state index in [4.69, 9.17) is 0 Å². The molecule has 2 heterocycles. The number of nitrogens with zero attached hydrogens (tertiary/aromatic N) is 4. The van der Waals surface area contributed by atoms with E-state index in [-0.39, 0.29) is 5.92 Å². The summed E-state index contributed by atoms with van der Waals surface area (Å²) < 4.78 is 38.6. The van der Waals surface area contributed by atoms with Gasteiger partial charge in [-0.2, -0.15) is 13.2 Å². The highest BCUT2D eigenvalue weighted by Gasteiger charge is 2.34. The summed E-state index contributed by atoms with van der Waals surface area (Å²) in [5.41, 5.74) is 0. The monoisotopic (exact) mass is 317 g/mol. The van der Waals surface area contributed by atoms with Crippen LogP contribution in [0.3, 0.4) is 0 Å². The molecule has 1 saturated heterocycles. The molecular weight excluding hydrogens is 299 g/mol. The number of carbonyl (C=O) groups is 1. The quantitative estimate of drug-likeness (QED) is 0.928. The maximum atomic E-state index is 12.2. The normalized spacial score (nSPS) is 22.7. The van der Waals surface area contributed by atoms with E-state index in [0.717, 1.165) is 31.5 Å². The van der Waals surface area contributed by atoms with E-state index < -0.39 is 18.8 Å². The highest BCUT2D eigenvalue weighted by molar-refractivity contribution is 5.74. The van der Waals surface area contributed by atoms with Gasteiger partial charge in [-0.15, -0.1) is 10.2 Å². The van der Waals surface area contributed by atoms with Crippen LogP contribution in [0, 0.1) is 0 Å². The van der Waals surface area contributed by atoms with Crippen LogP contribution in [0.4, 0.5) is 18.0 Å². The molecule has 1 aliphatic heterocycles. The third kappa shape index (κ3) is 3.50. The van der Waals surface area contributed by atoms with Gasteiger partial charge in [0.1, 0.15) is 18.7 Å². The molecule has 2 aliphatic rings. The van der Waals surface area contributed by atoms with Gasteiger partial charge in [0.05, 0.1) is 0 Å². The number of halogens is 3. The number of nitrogens with one attached hydrogen (secondary N) is 1. The van der Waals surface area contributed by atoms with Crippen LogP contribution in [0.1, 0.15) is 43.5 Å². The van der Waals surface area contributed by atoms with E-state index in [9.17, 15) is 18.0 Å². The molecule has 0 aromatic carbocycles. The first kappa shape index (κ1) is 15.1. The summed E-state index contributed by atoms with van der Waals surface area (Å²) in [5.74, 6) is 0.879. The summed E-state index contributed by atoms with van der Waals surface area (Å²) in [7, 11) is 0. The zero-order chi connectivity index (χ0) is 15.7. The maximum absolute atomic E-state index is 12.2. The van der Waals surface area contributed by atoms with Gasteiger partial charge >= 0.3 is 12.2 Å². The highest BCUT2D eigenvalue weighted by Crippen LogP contribution is 2.38. The number of aromatic nitrogens is 3. The van der Waals surface area contributed by atoms with Gasteiger partial charge in [0.15, 0.2) is 0 Å². The Labute approximate surface area is 125 Å². The first-order chi connectivity index (χ1) is 10.4. The number of likely N-dealkylation sites (tertiary alicyclic amines) is 1. The van der Waals surface area contributed by atoms with Crippen LogP contribution in [0.5, 0.6) is 0 Å². The number of hydrogen-bond donors (Lipinski definition) is 1. The van der Waals surface area contributed by atoms with E-state index in [1.807, 2.05) is 9.88 Å². The fourth-order valence-corrected chi connectivity index (χ4v) is 2.84. The zero-order valence-electron chi connectivity index (χ0n) is 12.0. The summed E-state index contributed by atoms with van der Waals surface area (Å²) in [6.07, 6.45) is 1.14. The van der Waals surface area contributed by atoms with Gasteiger partial charge in [-0.25, -0.2) is 4.79 Å². The Kier molecular flexibility index (Phi) is 3.96. The predicted molar refractivity (Wildman–Crippen MR) is 71.3 cm³/mol. The molecular formula is C13H18F3N5O. The van der Waals surface area contributed by atoms with E-state index in [1.165, 1.54) is 4.90 Å². The van der Waals surface area contributed by atoms with Crippen molar-refractivity contribution in [2.24, 2.45) is 0 Å². The van der Waals surface area contributed by atoms with E-state index in [0.29, 0.717) is 19.1 Å². The van der Waals surface area contributed by atoms with Crippen LogP contribution in [0.15, 0.2) is 6.33 Å². The number of amides is 2. The van der Waals surface area contributed by atoms with Crippen LogP contribution in [0.25, 0.3) is 0 Å². The summed E-state index contributed by atoms with van der Waals surface area (Å²) >= 11 is 0. The first-order valence-corrected chi connectivity index (χ1v) is 7.43. The van der Waals surface area contributed by atoms with Crippen LogP contribution in [0.2, 0.25) is 0 Å². The van der Waals surface area contributed by atoms with Gasteiger partial charge in [0, 0.05) is 25.0 Å². The number of hydrogen-bond acceptors (Lipinski definition) is 3. The van der Waals surface area contributed by atoms with Crippen LogP contribution in [-0.2, 0) is 0 Å². The molecule has 1 aromatic rings. The minimum Gasteiger partial charge on any atom is -0.329 e. The molecule has 0 bridgehead atoms. The van der Waals surface area contributed by atoms with Crippen molar-refractivity contribution in [2.45, 2.75) is 43.8 Å². The minimum absolute atomic E-state index is 0.0356. The molecule has 2 fully saturated rings. The Balaban J connectivity index is 1.61. The van der Waals surface area contributed by atoms with Crippen molar-refractivity contribution in [3.05, 3.63) is 12.2 Å². The molecule has 0 spiro atoms. The summed E-state index contributed by atoms with van der Waals surface area (Å²) in [6.45, 7) is -0.446. The van der Waals surface area contributed by atoms with Crippen molar-refractivity contribution in [2.75, 3.05) is 19.6 Å². The van der Waals surface area contributed by atoms with Gasteiger partial charge < -0.3 is 14.8 Å². The molecule has 3 rings (SSSR count). The van der Waals surface area contributed by atoms with Crippen molar-refractivity contribution in [3.63, 3.8) is 0 Å². The lowest BCUT2D eigenvalue weighted by atomic mass is 9.97. The minimum atomic E-state index is -4.39. The summed E-state index contributed by atoms with van der Waals surface area (Å²) in [5, 5.41) is 10.0. The fourth-order valence-electron chi connectivity index (χ4n) is 2.84. The van der Waals surface area contributed by atoms with Crippen molar-refractivity contribution < 1.29 is 18.0 Å². The van der Waals surface area contributed by atoms with Gasteiger partial charge in [-0.05, 0) is 25.7 Å². The number of urea groups is 1. The number of rotatable bonds is 3. The van der Waals surface area contributed by atoms with Gasteiger partial charge in [-0.1, -0.05) is 0 Å². The third-order valence-corrected chi connectivity index (χ3v) is 4.05. The third-order valence-electron chi connectivity index (χ3n) is 4.05. The van der Waals surface area contributed by atoms with Crippen LogP contribution in [-0.4, -0.2) is 51.5 Å². The molecule has 6 nitrogen and oxygen atoms in total. The van der Waals surface area contributed by atoms with E-state index in [2.05, 4.69) is 10.2 Å². The number of alkyl halides is 3. The predicted octanol–water partition coefficient (Wildman–Crippen LogP) is 2.06. The molecule has 122 valence electrons. The topological polar surface area (TPSA) is 63.1 Å². The second kappa shape index (κ2) is 5.77. The van der Waals surface area contributed by atoms with Crippen molar-refractivity contribution in [1.82, 2.24) is 25.0 Å². The number of piperidine rings is 1. The Hall–Kier alpha value is -1.80. The molecule has 9 heteroatoms. The van der Waals surface area contributed by atoms with Crippen molar-refractivity contribution >= 4 is 6.03 Å². The summed E-state index contributed by atoms with van der Waals surface area (Å²) in [6, 6.07) is -0.223. The summed E-state index contributed by atoms with van der Waals surface area (Å²) in [4.78, 5) is 13.3. The fraction of sp³-hybridized carbons (Fsp3) is 0.769. The molecule has 0 radical (unpaired) electrons. The lowest BCUT2D eigenvalue weighted by Gasteiger charge is -2.32. The lowest BCUT2D eigenvalue weighted by Crippen LogP contribution is -2.47. The van der Waals surface area contributed by atoms with E-state index >= 15 is 0 Å². The standard InChI is InChI=1S/C13H18F3N5O/c14-13(15,16)7-17-12(22)20-5-1-2-9(6-20)11-19-18-8-21(11)10-3-4-10/h8-10H,1-7H2,(H,17,22)/t9-/m0/s1. The first-order valence-electron chi connectivity index (χ1n) is 7.43. The molecule has 22 heavy (non-hydrogen) atoms. The van der Waals surface area contributed by atoms with Crippen molar-refractivity contribution in [3.8, 4) is 0 Å². The molecule has 1 N–H and O–H groups in total. The molecule has 0 unspecified atom stereocenters. The highest BCUT2D eigenvalue weighted by atomic mass is 19.4. The largest absolute Gasteiger partial charge is 0.405 e. The zero-order valence-corrected chi connectivity index (χ0v) is 12.0. The van der Waals surface area contributed by atoms with Crippen LogP contribution < -0.4 is 5.32 Å². The number of carbonyl (C=O) groups excluding carboxylic acids is 1. The molecule has 2 amide bonds. The van der Waals surface area contributed by atoms with E-state index in [1.54, 1.807) is 6.33 Å². The maximum Gasteiger partial charge on any atom is 0.405 e. The average molecular weight is 317 g/mol. The molecule has 1 aliphatic carbocycles. The molecule has 1 aromatic heterocycles.